The van der Waals surface area contributed by atoms with Crippen LogP contribution in [0.5, 0.6) is 23.0 Å². The molecule has 1 aromatic carbocycles. The van der Waals surface area contributed by atoms with Crippen molar-refractivity contribution in [2.24, 2.45) is 0 Å². The van der Waals surface area contributed by atoms with Gasteiger partial charge >= 0.3 is 0 Å². The third kappa shape index (κ3) is 2.56. The van der Waals surface area contributed by atoms with Crippen LogP contribution in [0.15, 0.2) is 36.8 Å². The second kappa shape index (κ2) is 5.72. The summed E-state index contributed by atoms with van der Waals surface area (Å²) in [4.78, 5) is 12.1. The molecule has 2 N–H and O–H groups in total. The molecule has 2 aromatic heterocycles. The molecule has 0 unspecified atom stereocenters. The van der Waals surface area contributed by atoms with E-state index in [0.717, 1.165) is 10.9 Å². The third-order valence-electron chi connectivity index (χ3n) is 3.08. The van der Waals surface area contributed by atoms with Crippen LogP contribution in [0.4, 0.5) is 5.95 Å². The van der Waals surface area contributed by atoms with Gasteiger partial charge in [-0.05, 0) is 12.1 Å². The minimum Gasteiger partial charge on any atom is -0.493 e. The first-order valence-electron chi connectivity index (χ1n) is 6.47. The summed E-state index contributed by atoms with van der Waals surface area (Å²) in [6.45, 7) is 0. The Morgan fingerprint density at radius 2 is 1.59 bits per heavy atom. The molecule has 0 fully saturated rings. The summed E-state index contributed by atoms with van der Waals surface area (Å²) in [6, 6.07) is 5.36. The van der Waals surface area contributed by atoms with Gasteiger partial charge in [0.05, 0.1) is 32.1 Å². The molecule has 2 heterocycles. The highest BCUT2D eigenvalue weighted by Gasteiger charge is 2.11. The Morgan fingerprint density at radius 1 is 0.909 bits per heavy atom. The van der Waals surface area contributed by atoms with Crippen molar-refractivity contribution >= 4 is 16.9 Å². The molecule has 0 aliphatic carbocycles. The molecule has 0 amide bonds. The summed E-state index contributed by atoms with van der Waals surface area (Å²) in [7, 11) is 3.16. The number of hydrogen-bond acceptors (Lipinski definition) is 7. The lowest BCUT2D eigenvalue weighted by molar-refractivity contribution is 0.355. The van der Waals surface area contributed by atoms with E-state index in [0.29, 0.717) is 23.0 Å². The maximum absolute atomic E-state index is 5.80. The van der Waals surface area contributed by atoms with Gasteiger partial charge in [0, 0.05) is 17.6 Å². The number of aromatic nitrogens is 3. The third-order valence-corrected chi connectivity index (χ3v) is 3.08. The first-order chi connectivity index (χ1) is 10.7. The summed E-state index contributed by atoms with van der Waals surface area (Å²) in [5.74, 6) is 2.49. The van der Waals surface area contributed by atoms with Crippen molar-refractivity contribution in [2.45, 2.75) is 0 Å². The van der Waals surface area contributed by atoms with Crippen molar-refractivity contribution in [1.29, 1.82) is 0 Å². The average molecular weight is 298 g/mol. The zero-order chi connectivity index (χ0) is 15.5. The Morgan fingerprint density at radius 3 is 2.27 bits per heavy atom. The van der Waals surface area contributed by atoms with E-state index in [2.05, 4.69) is 15.0 Å². The summed E-state index contributed by atoms with van der Waals surface area (Å²) in [6.07, 6.45) is 4.67. The van der Waals surface area contributed by atoms with E-state index in [1.165, 1.54) is 12.4 Å². The molecule has 0 saturated heterocycles. The Hall–Kier alpha value is -3.09. The van der Waals surface area contributed by atoms with Crippen LogP contribution >= 0.6 is 0 Å². The largest absolute Gasteiger partial charge is 0.493 e. The molecule has 112 valence electrons. The first kappa shape index (κ1) is 13.9. The molecule has 3 aromatic rings. The maximum atomic E-state index is 5.80. The second-order valence-corrected chi connectivity index (χ2v) is 4.41. The van der Waals surface area contributed by atoms with Gasteiger partial charge in [0.15, 0.2) is 17.2 Å². The fraction of sp³-hybridized carbons (Fsp3) is 0.133. The molecule has 0 bridgehead atoms. The average Bonchev–Trinajstić information content (AvgIpc) is 2.56. The predicted molar refractivity (Wildman–Crippen MR) is 81.4 cm³/mol. The molecule has 0 atom stereocenters. The smallest absolute Gasteiger partial charge is 0.220 e. The molecular formula is C15H14N4O3. The quantitative estimate of drug-likeness (QED) is 0.790. The molecule has 0 radical (unpaired) electrons. The van der Waals surface area contributed by atoms with Crippen LogP contribution in [-0.2, 0) is 0 Å². The van der Waals surface area contributed by atoms with Crippen molar-refractivity contribution in [2.75, 3.05) is 20.0 Å². The monoisotopic (exact) mass is 298 g/mol. The van der Waals surface area contributed by atoms with Gasteiger partial charge in [-0.15, -0.1) is 0 Å². The fourth-order valence-electron chi connectivity index (χ4n) is 2.04. The number of fused-ring (bicyclic) bond motifs is 1. The Labute approximate surface area is 126 Å². The number of anilines is 1. The van der Waals surface area contributed by atoms with E-state index in [1.807, 2.05) is 6.07 Å². The molecule has 7 heteroatoms. The number of rotatable bonds is 4. The lowest BCUT2D eigenvalue weighted by Crippen LogP contribution is -1.95. The van der Waals surface area contributed by atoms with Crippen molar-refractivity contribution < 1.29 is 14.2 Å². The number of ether oxygens (including phenoxy) is 3. The second-order valence-electron chi connectivity index (χ2n) is 4.41. The van der Waals surface area contributed by atoms with Crippen LogP contribution in [-0.4, -0.2) is 29.2 Å². The molecule has 0 aliphatic rings. The van der Waals surface area contributed by atoms with Gasteiger partial charge in [-0.25, -0.2) is 9.97 Å². The van der Waals surface area contributed by atoms with Crippen LogP contribution in [0.1, 0.15) is 0 Å². The van der Waals surface area contributed by atoms with Gasteiger partial charge in [0.1, 0.15) is 5.75 Å². The van der Waals surface area contributed by atoms with Gasteiger partial charge in [0.25, 0.3) is 0 Å². The molecule has 7 nitrogen and oxygen atoms in total. The number of nitrogens with two attached hydrogens (primary N) is 1. The summed E-state index contributed by atoms with van der Waals surface area (Å²) < 4.78 is 16.4. The van der Waals surface area contributed by atoms with Crippen LogP contribution < -0.4 is 19.9 Å². The highest BCUT2D eigenvalue weighted by molar-refractivity contribution is 5.88. The minimum atomic E-state index is 0.193. The van der Waals surface area contributed by atoms with E-state index in [-0.39, 0.29) is 5.95 Å². The van der Waals surface area contributed by atoms with Crippen LogP contribution in [0.3, 0.4) is 0 Å². The van der Waals surface area contributed by atoms with E-state index in [9.17, 15) is 0 Å². The Balaban J connectivity index is 2.07. The maximum Gasteiger partial charge on any atom is 0.220 e. The van der Waals surface area contributed by atoms with Gasteiger partial charge in [-0.2, -0.15) is 0 Å². The molecule has 22 heavy (non-hydrogen) atoms. The molecule has 0 spiro atoms. The standard InChI is InChI=1S/C15H14N4O3/c1-20-13-5-10-11(6-14(13)21-2)17-4-3-12(10)22-9-7-18-15(16)19-8-9/h3-8H,1-2H3,(H2,16,18,19). The lowest BCUT2D eigenvalue weighted by Gasteiger charge is -2.12. The summed E-state index contributed by atoms with van der Waals surface area (Å²) in [5.41, 5.74) is 6.19. The number of nitrogens with zero attached hydrogens (tertiary/aromatic N) is 3. The number of methoxy groups -OCH3 is 2. The Bertz CT molecular complexity index is 806. The predicted octanol–water partition coefficient (Wildman–Crippen LogP) is 2.42. The highest BCUT2D eigenvalue weighted by atomic mass is 16.5. The molecule has 0 aliphatic heterocycles. The highest BCUT2D eigenvalue weighted by Crippen LogP contribution is 2.36. The van der Waals surface area contributed by atoms with Gasteiger partial charge in [-0.1, -0.05) is 0 Å². The van der Waals surface area contributed by atoms with E-state index >= 15 is 0 Å². The van der Waals surface area contributed by atoms with Crippen molar-refractivity contribution in [3.63, 3.8) is 0 Å². The summed E-state index contributed by atoms with van der Waals surface area (Å²) >= 11 is 0. The van der Waals surface area contributed by atoms with Gasteiger partial charge < -0.3 is 19.9 Å². The molecule has 0 saturated carbocycles. The van der Waals surface area contributed by atoms with Crippen LogP contribution in [0, 0.1) is 0 Å². The van der Waals surface area contributed by atoms with Crippen LogP contribution in [0.25, 0.3) is 10.9 Å². The van der Waals surface area contributed by atoms with E-state index in [4.69, 9.17) is 19.9 Å². The zero-order valence-electron chi connectivity index (χ0n) is 12.1. The van der Waals surface area contributed by atoms with E-state index in [1.54, 1.807) is 32.5 Å². The SMILES string of the molecule is COc1cc2nccc(Oc3cnc(N)nc3)c2cc1OC. The number of hydrogen-bond donors (Lipinski definition) is 1. The van der Waals surface area contributed by atoms with Gasteiger partial charge in [0.2, 0.25) is 5.95 Å². The van der Waals surface area contributed by atoms with Crippen LogP contribution in [0.2, 0.25) is 0 Å². The topological polar surface area (TPSA) is 92.4 Å². The van der Waals surface area contributed by atoms with Crippen molar-refractivity contribution in [3.05, 3.63) is 36.8 Å². The normalized spacial score (nSPS) is 10.5. The first-order valence-corrected chi connectivity index (χ1v) is 6.47. The van der Waals surface area contributed by atoms with E-state index < -0.39 is 0 Å². The number of pyridine rings is 1. The zero-order valence-corrected chi connectivity index (χ0v) is 12.1. The summed E-state index contributed by atoms with van der Waals surface area (Å²) in [5, 5.41) is 0.789. The molecule has 3 rings (SSSR count). The minimum absolute atomic E-state index is 0.193. The number of benzene rings is 1. The fourth-order valence-corrected chi connectivity index (χ4v) is 2.04. The van der Waals surface area contributed by atoms with Crippen molar-refractivity contribution in [1.82, 2.24) is 15.0 Å². The number of nitrogen functional groups attached to an aromatic ring is 1. The molecular weight excluding hydrogens is 284 g/mol. The lowest BCUT2D eigenvalue weighted by atomic mass is 10.2. The van der Waals surface area contributed by atoms with Crippen molar-refractivity contribution in [3.8, 4) is 23.0 Å². The van der Waals surface area contributed by atoms with Gasteiger partial charge in [-0.3, -0.25) is 4.98 Å². The Kier molecular flexibility index (Phi) is 3.61.